The van der Waals surface area contributed by atoms with Crippen LogP contribution < -0.4 is 4.74 Å². The molecule has 1 N–H and O–H groups in total. The maximum atomic E-state index is 12.7. The number of nitrogens with one attached hydrogen (secondary N) is 1. The topological polar surface area (TPSA) is 58.2 Å². The molecule has 0 bridgehead atoms. The molecule has 1 aromatic heterocycles. The number of amides is 1. The van der Waals surface area contributed by atoms with Crippen molar-refractivity contribution in [3.63, 3.8) is 0 Å². The molecule has 1 aliphatic heterocycles. The summed E-state index contributed by atoms with van der Waals surface area (Å²) in [6.07, 6.45) is 9.34. The number of hydrogen-bond acceptors (Lipinski definition) is 3. The first-order valence-corrected chi connectivity index (χ1v) is 8.69. The Morgan fingerprint density at radius 3 is 3.12 bits per heavy atom. The van der Waals surface area contributed by atoms with Gasteiger partial charge < -0.3 is 9.64 Å². The van der Waals surface area contributed by atoms with Crippen molar-refractivity contribution in [1.82, 2.24) is 15.1 Å². The predicted octanol–water partition coefficient (Wildman–Crippen LogP) is 3.49. The second-order valence-electron chi connectivity index (χ2n) is 6.34. The zero-order chi connectivity index (χ0) is 16.8. The van der Waals surface area contributed by atoms with Crippen molar-refractivity contribution in [3.8, 4) is 5.75 Å². The lowest BCUT2D eigenvalue weighted by molar-refractivity contribution is -0.135. The summed E-state index contributed by atoms with van der Waals surface area (Å²) in [4.78, 5) is 14.8. The fourth-order valence-electron chi connectivity index (χ4n) is 3.43. The molecule has 128 valence electrons. The standard InChI is InChI=1S/C19H25N3O2/c1-24-17-8-5-7-16(12-17)18-9-2-3-11-22(18)19(23)10-4-6-15-13-20-21-14-15/h5,7-8,12-14,18H,2-4,6,9-11H2,1H3,(H,20,21)/t18-/m0/s1. The van der Waals surface area contributed by atoms with Crippen LogP contribution in [0, 0.1) is 0 Å². The monoisotopic (exact) mass is 327 g/mol. The molecule has 1 aliphatic rings. The second-order valence-corrected chi connectivity index (χ2v) is 6.34. The van der Waals surface area contributed by atoms with Gasteiger partial charge in [0.15, 0.2) is 0 Å². The van der Waals surface area contributed by atoms with E-state index in [1.165, 1.54) is 12.0 Å². The fourth-order valence-corrected chi connectivity index (χ4v) is 3.43. The Morgan fingerprint density at radius 1 is 1.42 bits per heavy atom. The quantitative estimate of drug-likeness (QED) is 0.883. The number of aryl methyl sites for hydroxylation is 1. The lowest BCUT2D eigenvalue weighted by Gasteiger charge is -2.36. The number of benzene rings is 1. The first-order chi connectivity index (χ1) is 11.8. The average Bonchev–Trinajstić information content (AvgIpc) is 3.15. The second kappa shape index (κ2) is 7.99. The largest absolute Gasteiger partial charge is 0.497 e. The van der Waals surface area contributed by atoms with Gasteiger partial charge in [-0.05, 0) is 55.4 Å². The number of rotatable bonds is 6. The minimum absolute atomic E-state index is 0.176. The van der Waals surface area contributed by atoms with Gasteiger partial charge in [0.1, 0.15) is 5.75 Å². The summed E-state index contributed by atoms with van der Waals surface area (Å²) in [5.41, 5.74) is 2.34. The molecule has 0 spiro atoms. The maximum Gasteiger partial charge on any atom is 0.223 e. The van der Waals surface area contributed by atoms with Crippen LogP contribution >= 0.6 is 0 Å². The number of likely N-dealkylation sites (tertiary alicyclic amines) is 1. The van der Waals surface area contributed by atoms with E-state index in [9.17, 15) is 4.79 Å². The molecule has 1 saturated heterocycles. The molecule has 1 atom stereocenters. The zero-order valence-corrected chi connectivity index (χ0v) is 14.2. The molecule has 3 rings (SSSR count). The number of H-pyrrole nitrogens is 1. The van der Waals surface area contributed by atoms with Crippen LogP contribution in [0.5, 0.6) is 5.75 Å². The summed E-state index contributed by atoms with van der Waals surface area (Å²) in [5.74, 6) is 1.11. The highest BCUT2D eigenvalue weighted by molar-refractivity contribution is 5.76. The van der Waals surface area contributed by atoms with Crippen molar-refractivity contribution in [2.45, 2.75) is 44.6 Å². The minimum Gasteiger partial charge on any atom is -0.497 e. The number of aromatic nitrogens is 2. The molecule has 24 heavy (non-hydrogen) atoms. The fraction of sp³-hybridized carbons (Fsp3) is 0.474. The van der Waals surface area contributed by atoms with E-state index < -0.39 is 0 Å². The van der Waals surface area contributed by atoms with Crippen LogP contribution in [0.2, 0.25) is 0 Å². The van der Waals surface area contributed by atoms with E-state index in [0.717, 1.165) is 43.5 Å². The molecular formula is C19H25N3O2. The van der Waals surface area contributed by atoms with Crippen LogP contribution in [0.3, 0.4) is 0 Å². The third kappa shape index (κ3) is 3.96. The third-order valence-electron chi connectivity index (χ3n) is 4.71. The van der Waals surface area contributed by atoms with Crippen molar-refractivity contribution in [2.75, 3.05) is 13.7 Å². The number of ether oxygens (including phenoxy) is 1. The first-order valence-electron chi connectivity index (χ1n) is 8.69. The molecule has 0 radical (unpaired) electrons. The van der Waals surface area contributed by atoms with E-state index in [1.54, 1.807) is 7.11 Å². The van der Waals surface area contributed by atoms with Crippen LogP contribution in [0.1, 0.15) is 49.3 Å². The van der Waals surface area contributed by atoms with Gasteiger partial charge in [0.05, 0.1) is 19.3 Å². The Labute approximate surface area is 143 Å². The van der Waals surface area contributed by atoms with E-state index in [2.05, 4.69) is 27.2 Å². The summed E-state index contributed by atoms with van der Waals surface area (Å²) >= 11 is 0. The molecule has 0 aliphatic carbocycles. The van der Waals surface area contributed by atoms with Crippen LogP contribution in [-0.4, -0.2) is 34.7 Å². The summed E-state index contributed by atoms with van der Waals surface area (Å²) in [5, 5.41) is 6.76. The summed E-state index contributed by atoms with van der Waals surface area (Å²) in [7, 11) is 1.68. The van der Waals surface area contributed by atoms with E-state index in [4.69, 9.17) is 4.74 Å². The normalized spacial score (nSPS) is 17.7. The van der Waals surface area contributed by atoms with Gasteiger partial charge in [0, 0.05) is 19.2 Å². The van der Waals surface area contributed by atoms with Crippen molar-refractivity contribution < 1.29 is 9.53 Å². The molecule has 2 heterocycles. The first kappa shape index (κ1) is 16.6. The minimum atomic E-state index is 0.176. The Kier molecular flexibility index (Phi) is 5.51. The zero-order valence-electron chi connectivity index (χ0n) is 14.2. The molecular weight excluding hydrogens is 302 g/mol. The highest BCUT2D eigenvalue weighted by atomic mass is 16.5. The van der Waals surface area contributed by atoms with E-state index in [0.29, 0.717) is 6.42 Å². The van der Waals surface area contributed by atoms with Crippen LogP contribution in [-0.2, 0) is 11.2 Å². The maximum absolute atomic E-state index is 12.7. The smallest absolute Gasteiger partial charge is 0.223 e. The Morgan fingerprint density at radius 2 is 2.33 bits per heavy atom. The molecule has 2 aromatic rings. The number of aromatic amines is 1. The molecule has 0 saturated carbocycles. The molecule has 5 heteroatoms. The van der Waals surface area contributed by atoms with Gasteiger partial charge in [-0.15, -0.1) is 0 Å². The van der Waals surface area contributed by atoms with Crippen LogP contribution in [0.25, 0.3) is 0 Å². The number of carbonyl (C=O) groups is 1. The van der Waals surface area contributed by atoms with Crippen LogP contribution in [0.15, 0.2) is 36.7 Å². The third-order valence-corrected chi connectivity index (χ3v) is 4.71. The van der Waals surface area contributed by atoms with E-state index in [-0.39, 0.29) is 11.9 Å². The molecule has 5 nitrogen and oxygen atoms in total. The molecule has 1 aromatic carbocycles. The summed E-state index contributed by atoms with van der Waals surface area (Å²) in [6.45, 7) is 0.854. The van der Waals surface area contributed by atoms with Crippen molar-refractivity contribution >= 4 is 5.91 Å². The number of nitrogens with zero attached hydrogens (tertiary/aromatic N) is 2. The average molecular weight is 327 g/mol. The van der Waals surface area contributed by atoms with Gasteiger partial charge in [0.2, 0.25) is 5.91 Å². The van der Waals surface area contributed by atoms with Crippen molar-refractivity contribution in [2.24, 2.45) is 0 Å². The molecule has 0 unspecified atom stereocenters. The number of piperidine rings is 1. The van der Waals surface area contributed by atoms with E-state index >= 15 is 0 Å². The summed E-state index contributed by atoms with van der Waals surface area (Å²) < 4.78 is 5.34. The van der Waals surface area contributed by atoms with Gasteiger partial charge >= 0.3 is 0 Å². The lowest BCUT2D eigenvalue weighted by Crippen LogP contribution is -2.38. The van der Waals surface area contributed by atoms with Gasteiger partial charge in [-0.25, -0.2) is 0 Å². The van der Waals surface area contributed by atoms with Gasteiger partial charge in [-0.2, -0.15) is 5.10 Å². The highest BCUT2D eigenvalue weighted by Crippen LogP contribution is 2.33. The van der Waals surface area contributed by atoms with Gasteiger partial charge in [0.25, 0.3) is 0 Å². The Balaban J connectivity index is 1.63. The van der Waals surface area contributed by atoms with Gasteiger partial charge in [-0.3, -0.25) is 9.89 Å². The van der Waals surface area contributed by atoms with Crippen LogP contribution in [0.4, 0.5) is 0 Å². The number of carbonyl (C=O) groups excluding carboxylic acids is 1. The summed E-state index contributed by atoms with van der Waals surface area (Å²) in [6, 6.07) is 8.29. The highest BCUT2D eigenvalue weighted by Gasteiger charge is 2.27. The van der Waals surface area contributed by atoms with E-state index in [1.807, 2.05) is 24.5 Å². The molecule has 1 amide bonds. The Hall–Kier alpha value is -2.30. The number of hydrogen-bond donors (Lipinski definition) is 1. The molecule has 1 fully saturated rings. The lowest BCUT2D eigenvalue weighted by atomic mass is 9.94. The number of methoxy groups -OCH3 is 1. The van der Waals surface area contributed by atoms with Crippen molar-refractivity contribution in [3.05, 3.63) is 47.8 Å². The predicted molar refractivity (Wildman–Crippen MR) is 92.8 cm³/mol. The van der Waals surface area contributed by atoms with Crippen molar-refractivity contribution in [1.29, 1.82) is 0 Å². The van der Waals surface area contributed by atoms with Gasteiger partial charge in [-0.1, -0.05) is 12.1 Å². The Bertz CT molecular complexity index is 654. The SMILES string of the molecule is COc1cccc([C@@H]2CCCCN2C(=O)CCCc2cn[nH]c2)c1.